The minimum atomic E-state index is -0.435. The van der Waals surface area contributed by atoms with Crippen molar-refractivity contribution in [2.24, 2.45) is 5.10 Å². The van der Waals surface area contributed by atoms with Gasteiger partial charge < -0.3 is 10.6 Å². The van der Waals surface area contributed by atoms with E-state index in [1.807, 2.05) is 27.7 Å². The molecule has 0 radical (unpaired) electrons. The average molecular weight is 364 g/mol. The number of thiophene rings is 1. The van der Waals surface area contributed by atoms with Gasteiger partial charge >= 0.3 is 5.00 Å². The van der Waals surface area contributed by atoms with Gasteiger partial charge in [-0.2, -0.15) is 20.1 Å². The van der Waals surface area contributed by atoms with Gasteiger partial charge in [0.2, 0.25) is 17.8 Å². The van der Waals surface area contributed by atoms with Crippen molar-refractivity contribution in [2.75, 3.05) is 16.1 Å². The first-order valence-electron chi connectivity index (χ1n) is 7.66. The molecule has 2 aromatic heterocycles. The Morgan fingerprint density at radius 2 is 1.64 bits per heavy atom. The Morgan fingerprint density at radius 3 is 2.12 bits per heavy atom. The van der Waals surface area contributed by atoms with E-state index in [-0.39, 0.29) is 23.0 Å². The van der Waals surface area contributed by atoms with E-state index in [2.05, 4.69) is 36.1 Å². The van der Waals surface area contributed by atoms with Gasteiger partial charge in [0.15, 0.2) is 0 Å². The van der Waals surface area contributed by atoms with Gasteiger partial charge in [-0.15, -0.1) is 0 Å². The van der Waals surface area contributed by atoms with Gasteiger partial charge in [0.05, 0.1) is 16.0 Å². The zero-order valence-electron chi connectivity index (χ0n) is 14.3. The summed E-state index contributed by atoms with van der Waals surface area (Å²) < 4.78 is 0. The molecule has 0 aliphatic rings. The predicted molar refractivity (Wildman–Crippen MR) is 99.5 cm³/mol. The van der Waals surface area contributed by atoms with Crippen molar-refractivity contribution in [1.29, 1.82) is 0 Å². The lowest BCUT2D eigenvalue weighted by molar-refractivity contribution is -0.380. The second kappa shape index (κ2) is 8.33. The Morgan fingerprint density at radius 1 is 1.08 bits per heavy atom. The van der Waals surface area contributed by atoms with Gasteiger partial charge in [0.1, 0.15) is 0 Å². The molecule has 10 nitrogen and oxygen atoms in total. The third-order valence-corrected chi connectivity index (χ3v) is 3.59. The maximum atomic E-state index is 10.7. The van der Waals surface area contributed by atoms with Gasteiger partial charge in [0, 0.05) is 18.2 Å². The van der Waals surface area contributed by atoms with Crippen LogP contribution >= 0.6 is 11.3 Å². The normalized spacial score (nSPS) is 11.3. The first-order chi connectivity index (χ1) is 11.8. The molecule has 0 saturated carbocycles. The molecule has 0 aliphatic carbocycles. The molecule has 2 aromatic rings. The monoisotopic (exact) mass is 364 g/mol. The zero-order chi connectivity index (χ0) is 18.4. The highest BCUT2D eigenvalue weighted by atomic mass is 32.1. The van der Waals surface area contributed by atoms with E-state index >= 15 is 0 Å². The number of nitrogens with one attached hydrogen (secondary N) is 3. The minimum Gasteiger partial charge on any atom is -0.352 e. The molecule has 0 aliphatic heterocycles. The summed E-state index contributed by atoms with van der Waals surface area (Å²) in [5, 5.41) is 21.0. The molecule has 0 fully saturated rings. The van der Waals surface area contributed by atoms with Crippen molar-refractivity contribution in [2.45, 2.75) is 39.8 Å². The van der Waals surface area contributed by atoms with Crippen LogP contribution in [-0.2, 0) is 0 Å². The third kappa shape index (κ3) is 5.95. The van der Waals surface area contributed by atoms with Crippen LogP contribution < -0.4 is 16.1 Å². The fourth-order valence-corrected chi connectivity index (χ4v) is 2.43. The molecule has 0 amide bonds. The maximum Gasteiger partial charge on any atom is 0.324 e. The molecule has 0 bridgehead atoms. The lowest BCUT2D eigenvalue weighted by atomic mass is 10.4. The van der Waals surface area contributed by atoms with Crippen LogP contribution in [0.1, 0.15) is 32.6 Å². The molecule has 0 atom stereocenters. The number of hydrogen-bond acceptors (Lipinski definition) is 10. The van der Waals surface area contributed by atoms with E-state index in [4.69, 9.17) is 0 Å². The van der Waals surface area contributed by atoms with Crippen LogP contribution in [0.5, 0.6) is 0 Å². The van der Waals surface area contributed by atoms with Crippen LogP contribution in [0.15, 0.2) is 17.2 Å². The number of nitrogens with zero attached hydrogens (tertiary/aromatic N) is 5. The molecule has 25 heavy (non-hydrogen) atoms. The Kier molecular flexibility index (Phi) is 6.17. The highest BCUT2D eigenvalue weighted by molar-refractivity contribution is 7.16. The smallest absolute Gasteiger partial charge is 0.324 e. The molecular formula is C14H20N8O2S. The molecule has 134 valence electrons. The van der Waals surface area contributed by atoms with Gasteiger partial charge in [-0.3, -0.25) is 10.1 Å². The number of aromatic nitrogens is 3. The Balaban J connectivity index is 2.13. The van der Waals surface area contributed by atoms with Gasteiger partial charge in [0.25, 0.3) is 0 Å². The SMILES string of the molecule is CC(C)Nc1nc(N/N=C/c2ccc([N+](=O)[O-])s2)nc(NC(C)C)n1. The van der Waals surface area contributed by atoms with Crippen LogP contribution in [0, 0.1) is 10.1 Å². The molecule has 0 unspecified atom stereocenters. The first kappa shape index (κ1) is 18.5. The second-order valence-electron chi connectivity index (χ2n) is 5.71. The molecule has 0 saturated heterocycles. The lowest BCUT2D eigenvalue weighted by Gasteiger charge is -2.12. The summed E-state index contributed by atoms with van der Waals surface area (Å²) in [6.07, 6.45) is 1.48. The topological polar surface area (TPSA) is 130 Å². The highest BCUT2D eigenvalue weighted by Crippen LogP contribution is 2.22. The first-order valence-corrected chi connectivity index (χ1v) is 8.47. The van der Waals surface area contributed by atoms with Crippen LogP contribution in [-0.4, -0.2) is 38.2 Å². The zero-order valence-corrected chi connectivity index (χ0v) is 15.2. The van der Waals surface area contributed by atoms with E-state index in [1.165, 1.54) is 12.3 Å². The highest BCUT2D eigenvalue weighted by Gasteiger charge is 2.09. The second-order valence-corrected chi connectivity index (χ2v) is 6.80. The van der Waals surface area contributed by atoms with Crippen molar-refractivity contribution in [3.8, 4) is 0 Å². The summed E-state index contributed by atoms with van der Waals surface area (Å²) in [7, 11) is 0. The van der Waals surface area contributed by atoms with Crippen LogP contribution in [0.3, 0.4) is 0 Å². The minimum absolute atomic E-state index is 0.0634. The summed E-state index contributed by atoms with van der Waals surface area (Å²) in [6.45, 7) is 7.92. The van der Waals surface area contributed by atoms with E-state index in [1.54, 1.807) is 6.07 Å². The number of anilines is 3. The quantitative estimate of drug-likeness (QED) is 0.370. The summed E-state index contributed by atoms with van der Waals surface area (Å²) >= 11 is 1.03. The molecule has 3 N–H and O–H groups in total. The summed E-state index contributed by atoms with van der Waals surface area (Å²) in [6, 6.07) is 3.39. The molecule has 11 heteroatoms. The van der Waals surface area contributed by atoms with E-state index in [0.29, 0.717) is 16.8 Å². The Bertz CT molecular complexity index is 731. The average Bonchev–Trinajstić information content (AvgIpc) is 2.94. The number of hydrazone groups is 1. The van der Waals surface area contributed by atoms with E-state index in [0.717, 1.165) is 11.3 Å². The fraction of sp³-hybridized carbons (Fsp3) is 0.429. The van der Waals surface area contributed by atoms with Gasteiger partial charge in [-0.05, 0) is 33.8 Å². The van der Waals surface area contributed by atoms with Crippen LogP contribution in [0.4, 0.5) is 22.8 Å². The maximum absolute atomic E-state index is 10.7. The van der Waals surface area contributed by atoms with Crippen molar-refractivity contribution in [3.05, 3.63) is 27.1 Å². The standard InChI is InChI=1S/C14H20N8O2S/c1-8(2)16-12-18-13(17-9(3)4)20-14(19-12)21-15-7-10-5-6-11(25-10)22(23)24/h5-9H,1-4H3,(H3,16,17,18,19,20,21)/b15-7+. The van der Waals surface area contributed by atoms with Gasteiger partial charge in [-0.1, -0.05) is 11.3 Å². The van der Waals surface area contributed by atoms with Crippen molar-refractivity contribution in [3.63, 3.8) is 0 Å². The van der Waals surface area contributed by atoms with Crippen molar-refractivity contribution >= 4 is 40.4 Å². The summed E-state index contributed by atoms with van der Waals surface area (Å²) in [5.74, 6) is 1.12. The van der Waals surface area contributed by atoms with Crippen LogP contribution in [0.2, 0.25) is 0 Å². The van der Waals surface area contributed by atoms with E-state index in [9.17, 15) is 10.1 Å². The number of hydrogen-bond donors (Lipinski definition) is 3. The van der Waals surface area contributed by atoms with Crippen molar-refractivity contribution < 1.29 is 4.92 Å². The fourth-order valence-electron chi connectivity index (χ4n) is 1.73. The molecular weight excluding hydrogens is 344 g/mol. The molecule has 0 aromatic carbocycles. The Labute approximate surface area is 149 Å². The number of nitro groups is 1. The molecule has 2 rings (SSSR count). The van der Waals surface area contributed by atoms with Gasteiger partial charge in [-0.25, -0.2) is 5.43 Å². The summed E-state index contributed by atoms with van der Waals surface area (Å²) in [5.41, 5.74) is 2.72. The van der Waals surface area contributed by atoms with Crippen molar-refractivity contribution in [1.82, 2.24) is 15.0 Å². The predicted octanol–water partition coefficient (Wildman–Crippen LogP) is 2.93. The largest absolute Gasteiger partial charge is 0.352 e. The Hall–Kier alpha value is -2.82. The number of rotatable bonds is 8. The molecule has 0 spiro atoms. The van der Waals surface area contributed by atoms with E-state index < -0.39 is 4.92 Å². The lowest BCUT2D eigenvalue weighted by Crippen LogP contribution is -2.18. The third-order valence-electron chi connectivity index (χ3n) is 2.62. The van der Waals surface area contributed by atoms with Crippen LogP contribution in [0.25, 0.3) is 0 Å². The molecule has 2 heterocycles. The summed E-state index contributed by atoms with van der Waals surface area (Å²) in [4.78, 5) is 23.7.